The van der Waals surface area contributed by atoms with E-state index in [9.17, 15) is 4.79 Å². The van der Waals surface area contributed by atoms with Crippen molar-refractivity contribution in [1.29, 1.82) is 0 Å². The summed E-state index contributed by atoms with van der Waals surface area (Å²) in [6, 6.07) is 23.3. The van der Waals surface area contributed by atoms with Crippen molar-refractivity contribution in [2.45, 2.75) is 88.4 Å². The molecular formula is C44H78O15Si4. The van der Waals surface area contributed by atoms with Crippen molar-refractivity contribution in [2.75, 3.05) is 97.5 Å². The predicted molar refractivity (Wildman–Crippen MR) is 252 cm³/mol. The fourth-order valence-corrected chi connectivity index (χ4v) is 14.8. The van der Waals surface area contributed by atoms with Crippen LogP contribution in [0.25, 0.3) is 0 Å². The zero-order chi connectivity index (χ0) is 46.8. The average molecular weight is 959 g/mol. The molecule has 3 aliphatic rings. The van der Waals surface area contributed by atoms with Crippen molar-refractivity contribution in [2.24, 2.45) is 5.92 Å². The molecule has 5 rings (SSSR count). The van der Waals surface area contributed by atoms with Gasteiger partial charge in [0.25, 0.3) is 8.32 Å². The van der Waals surface area contributed by atoms with E-state index < -0.39 is 34.7 Å². The Morgan fingerprint density at radius 3 is 1.48 bits per heavy atom. The van der Waals surface area contributed by atoms with Crippen LogP contribution in [0.5, 0.6) is 0 Å². The van der Waals surface area contributed by atoms with Gasteiger partial charge in [-0.3, -0.25) is 0 Å². The molecule has 15 nitrogen and oxygen atoms in total. The number of epoxide rings is 2. The standard InChI is InChI=1S/C14H16OSi.C11H22O4Si.C10H20O5Si.C9H20O5Si/c1-15-16(2,13-9-5-3-6-10-13)14-11-7-4-8-12-14;1-12-16(13-2,14-3)7-6-9-4-5-10-11(8-9)15-10;1-9(2)10(11)15-7-6-8-16(12-3,13-4)14-5;1-10-15(11-2,12-3)6-4-5-13-7-9-8-14-9/h3-12H,1-2H3;9-11H,4-8H2,1-3H3;1,6-8H2,2-5H3;9H,4-8H2,1-3H3. The minimum absolute atomic E-state index is 0.316. The highest BCUT2D eigenvalue weighted by molar-refractivity contribution is 6.96. The third kappa shape index (κ3) is 19.8. The van der Waals surface area contributed by atoms with Crippen molar-refractivity contribution in [3.8, 4) is 0 Å². The van der Waals surface area contributed by atoms with Gasteiger partial charge >= 0.3 is 32.4 Å². The number of ether oxygens (including phenoxy) is 4. The van der Waals surface area contributed by atoms with E-state index in [1.165, 1.54) is 29.6 Å². The number of carbonyl (C=O) groups excluding carboxylic acids is 1. The summed E-state index contributed by atoms with van der Waals surface area (Å²) in [5.41, 5.74) is 0.397. The summed E-state index contributed by atoms with van der Waals surface area (Å²) < 4.78 is 74.6. The molecule has 2 aromatic rings. The highest BCUT2D eigenvalue weighted by Gasteiger charge is 2.45. The normalized spacial score (nSPS) is 19.2. The molecule has 360 valence electrons. The Kier molecular flexibility index (Phi) is 27.5. The molecule has 19 heteroatoms. The molecule has 0 radical (unpaired) electrons. The number of hydrogen-bond acceptors (Lipinski definition) is 15. The first-order chi connectivity index (χ1) is 30.3. The van der Waals surface area contributed by atoms with Gasteiger partial charge in [-0.15, -0.1) is 0 Å². The molecule has 2 aromatic carbocycles. The van der Waals surface area contributed by atoms with Crippen molar-refractivity contribution in [3.63, 3.8) is 0 Å². The van der Waals surface area contributed by atoms with Gasteiger partial charge in [0.2, 0.25) is 0 Å². The van der Waals surface area contributed by atoms with E-state index in [0.717, 1.165) is 37.5 Å². The van der Waals surface area contributed by atoms with Crippen LogP contribution in [0.15, 0.2) is 72.8 Å². The van der Waals surface area contributed by atoms with Gasteiger partial charge in [0.1, 0.15) is 6.10 Å². The average Bonchev–Trinajstić information content (AvgIpc) is 4.29. The van der Waals surface area contributed by atoms with E-state index in [0.29, 0.717) is 56.2 Å². The topological polar surface area (TPSA) is 153 Å². The maximum absolute atomic E-state index is 11.1. The first kappa shape index (κ1) is 57.1. The Balaban J connectivity index is 0.000000289. The molecule has 0 bridgehead atoms. The Labute approximate surface area is 382 Å². The first-order valence-corrected chi connectivity index (χ1v) is 29.8. The van der Waals surface area contributed by atoms with Gasteiger partial charge in [-0.1, -0.05) is 67.2 Å². The highest BCUT2D eigenvalue weighted by atomic mass is 28.4. The summed E-state index contributed by atoms with van der Waals surface area (Å²) in [6.07, 6.45) is 7.86. The predicted octanol–water partition coefficient (Wildman–Crippen LogP) is 5.89. The lowest BCUT2D eigenvalue weighted by atomic mass is 9.88. The monoisotopic (exact) mass is 958 g/mol. The molecule has 2 heterocycles. The van der Waals surface area contributed by atoms with Gasteiger partial charge in [-0.25, -0.2) is 4.79 Å². The first-order valence-electron chi connectivity index (χ1n) is 21.6. The second-order valence-corrected chi connectivity index (χ2v) is 28.3. The largest absolute Gasteiger partial charge is 0.500 e. The van der Waals surface area contributed by atoms with E-state index in [1.54, 1.807) is 70.9 Å². The van der Waals surface area contributed by atoms with Crippen LogP contribution in [-0.2, 0) is 68.0 Å². The van der Waals surface area contributed by atoms with Crippen molar-refractivity contribution >= 4 is 51.1 Å². The van der Waals surface area contributed by atoms with E-state index in [4.69, 9.17) is 63.2 Å². The second kappa shape index (κ2) is 30.3. The number of rotatable bonds is 26. The van der Waals surface area contributed by atoms with Crippen LogP contribution < -0.4 is 10.4 Å². The molecule has 0 aromatic heterocycles. The second-order valence-electron chi connectivity index (χ2n) is 15.4. The summed E-state index contributed by atoms with van der Waals surface area (Å²) in [4.78, 5) is 11.1. The van der Waals surface area contributed by atoms with Crippen molar-refractivity contribution < 1.29 is 68.0 Å². The molecule has 63 heavy (non-hydrogen) atoms. The van der Waals surface area contributed by atoms with Gasteiger partial charge in [0.15, 0.2) is 0 Å². The van der Waals surface area contributed by atoms with Gasteiger partial charge in [0, 0.05) is 101 Å². The quantitative estimate of drug-likeness (QED) is 0.0362. The van der Waals surface area contributed by atoms with Crippen molar-refractivity contribution in [3.05, 3.63) is 72.8 Å². The third-order valence-electron chi connectivity index (χ3n) is 11.5. The zero-order valence-corrected chi connectivity index (χ0v) is 44.1. The molecule has 1 aliphatic carbocycles. The van der Waals surface area contributed by atoms with Gasteiger partial charge < -0.3 is 63.2 Å². The van der Waals surface area contributed by atoms with Crippen molar-refractivity contribution in [1.82, 2.24) is 0 Å². The van der Waals surface area contributed by atoms with Gasteiger partial charge in [-0.2, -0.15) is 0 Å². The third-order valence-corrected chi connectivity index (χ3v) is 23.6. The summed E-state index contributed by atoms with van der Waals surface area (Å²) >= 11 is 0. The number of fused-ring (bicyclic) bond motifs is 1. The molecule has 0 amide bonds. The molecule has 0 N–H and O–H groups in total. The van der Waals surface area contributed by atoms with E-state index in [2.05, 4.69) is 61.7 Å². The van der Waals surface area contributed by atoms with Crippen LogP contribution in [0.3, 0.4) is 0 Å². The fraction of sp³-hybridized carbons (Fsp3) is 0.659. The maximum Gasteiger partial charge on any atom is 0.500 e. The number of benzene rings is 2. The van der Waals surface area contributed by atoms with Crippen LogP contribution in [-0.4, -0.2) is 157 Å². The highest BCUT2D eigenvalue weighted by Crippen LogP contribution is 2.41. The lowest BCUT2D eigenvalue weighted by molar-refractivity contribution is -0.139. The molecule has 4 atom stereocenters. The summed E-state index contributed by atoms with van der Waals surface area (Å²) in [6.45, 7) is 9.89. The molecule has 0 spiro atoms. The molecule has 4 unspecified atom stereocenters. The number of carbonyl (C=O) groups is 1. The minimum Gasteiger partial charge on any atom is -0.462 e. The summed E-state index contributed by atoms with van der Waals surface area (Å²) in [5.74, 6) is 0.385. The molecule has 1 saturated carbocycles. The van der Waals surface area contributed by atoms with Crippen LogP contribution in [0, 0.1) is 5.92 Å². The number of esters is 1. The lowest BCUT2D eigenvalue weighted by Gasteiger charge is -2.27. The van der Waals surface area contributed by atoms with Crippen LogP contribution in [0.1, 0.15) is 45.4 Å². The van der Waals surface area contributed by atoms with Crippen LogP contribution >= 0.6 is 0 Å². The van der Waals surface area contributed by atoms with E-state index in [-0.39, 0.29) is 5.97 Å². The SMILES string of the molecule is C=C(C)C(=O)OCCC[Si](OC)(OC)OC.CO[Si](C)(c1ccccc1)c1ccccc1.CO[Si](CCC1CCC2OC2C1)(OC)OC.CO[Si](CCCOCC1CO1)(OC)OC. The Hall–Kier alpha value is -2.00. The van der Waals surface area contributed by atoms with Crippen LogP contribution in [0.2, 0.25) is 24.7 Å². The maximum atomic E-state index is 11.1. The molecule has 2 saturated heterocycles. The Morgan fingerprint density at radius 1 is 0.635 bits per heavy atom. The Bertz CT molecular complexity index is 1450. The van der Waals surface area contributed by atoms with Gasteiger partial charge in [0.05, 0.1) is 32.0 Å². The molecule has 3 fully saturated rings. The zero-order valence-electron chi connectivity index (χ0n) is 40.1. The summed E-state index contributed by atoms with van der Waals surface area (Å²) in [5, 5.41) is 2.62. The molecular weight excluding hydrogens is 881 g/mol. The fourth-order valence-electron chi connectivity index (χ4n) is 7.06. The van der Waals surface area contributed by atoms with E-state index >= 15 is 0 Å². The number of hydrogen-bond donors (Lipinski definition) is 0. The molecule has 2 aliphatic heterocycles. The smallest absolute Gasteiger partial charge is 0.462 e. The van der Waals surface area contributed by atoms with E-state index in [1.807, 2.05) is 19.2 Å². The minimum atomic E-state index is -2.53. The van der Waals surface area contributed by atoms with Crippen LogP contribution in [0.4, 0.5) is 0 Å². The van der Waals surface area contributed by atoms with Gasteiger partial charge in [-0.05, 0) is 68.3 Å². The summed E-state index contributed by atoms with van der Waals surface area (Å²) in [7, 11) is 7.14. The lowest BCUT2D eigenvalue weighted by Crippen LogP contribution is -2.57. The Morgan fingerprint density at radius 2 is 1.08 bits per heavy atom.